The van der Waals surface area contributed by atoms with Crippen molar-refractivity contribution in [3.05, 3.63) is 22.3 Å². The summed E-state index contributed by atoms with van der Waals surface area (Å²) in [5.41, 5.74) is 6.69. The average Bonchev–Trinajstić information content (AvgIpc) is 2.70. The summed E-state index contributed by atoms with van der Waals surface area (Å²) in [6, 6.07) is 0. The lowest BCUT2D eigenvalue weighted by atomic mass is 9.62. The van der Waals surface area contributed by atoms with Crippen LogP contribution in [0.2, 0.25) is 0 Å². The largest absolute Gasteiger partial charge is 0.299 e. The number of Topliss-reactive ketones (excluding diaryl/α,β-unsaturated/α-hetero) is 1. The van der Waals surface area contributed by atoms with Crippen molar-refractivity contribution in [1.82, 2.24) is 0 Å². The van der Waals surface area contributed by atoms with E-state index >= 15 is 0 Å². The molecule has 3 fully saturated rings. The van der Waals surface area contributed by atoms with Gasteiger partial charge in [0, 0.05) is 12.3 Å². The average molecular weight is 272 g/mol. The molecule has 0 amide bonds. The maximum atomic E-state index is 12.4. The topological polar surface area (TPSA) is 17.1 Å². The molecule has 20 heavy (non-hydrogen) atoms. The molecular weight excluding hydrogens is 244 g/mol. The molecule has 1 nitrogen and oxygen atoms in total. The molecule has 4 aliphatic rings. The van der Waals surface area contributed by atoms with Crippen LogP contribution in [0, 0.1) is 22.7 Å². The fourth-order valence-electron chi connectivity index (χ4n) is 4.46. The first-order valence-electron chi connectivity index (χ1n) is 8.11. The second kappa shape index (κ2) is 4.08. The summed E-state index contributed by atoms with van der Waals surface area (Å²) in [7, 11) is 0. The molecule has 110 valence electrons. The minimum atomic E-state index is 0.186. The van der Waals surface area contributed by atoms with Crippen molar-refractivity contribution >= 4 is 5.78 Å². The van der Waals surface area contributed by atoms with E-state index in [0.717, 1.165) is 19.3 Å². The van der Waals surface area contributed by atoms with Gasteiger partial charge in [-0.15, -0.1) is 0 Å². The van der Waals surface area contributed by atoms with Gasteiger partial charge < -0.3 is 0 Å². The van der Waals surface area contributed by atoms with Crippen molar-refractivity contribution in [3.63, 3.8) is 0 Å². The molecule has 0 radical (unpaired) electrons. The molecule has 0 aromatic heterocycles. The van der Waals surface area contributed by atoms with Crippen LogP contribution >= 0.6 is 0 Å². The highest BCUT2D eigenvalue weighted by molar-refractivity contribution is 5.90. The number of rotatable bonds is 0. The molecule has 2 unspecified atom stereocenters. The Kier molecular flexibility index (Phi) is 2.88. The van der Waals surface area contributed by atoms with Crippen LogP contribution in [0.3, 0.4) is 0 Å². The van der Waals surface area contributed by atoms with E-state index in [2.05, 4.69) is 41.5 Å². The molecule has 0 aliphatic heterocycles. The van der Waals surface area contributed by atoms with Crippen LogP contribution in [0.4, 0.5) is 0 Å². The Balaban J connectivity index is 2.19. The number of hydrogen-bond acceptors (Lipinski definition) is 1. The lowest BCUT2D eigenvalue weighted by molar-refractivity contribution is -0.125. The normalized spacial score (nSPS) is 30.4. The third-order valence-electron chi connectivity index (χ3n) is 5.50. The van der Waals surface area contributed by atoms with Gasteiger partial charge in [0.05, 0.1) is 0 Å². The number of ketones is 1. The van der Waals surface area contributed by atoms with Crippen LogP contribution in [-0.4, -0.2) is 5.78 Å². The molecule has 4 rings (SSSR count). The van der Waals surface area contributed by atoms with Gasteiger partial charge in [-0.25, -0.2) is 0 Å². The molecule has 0 aromatic rings. The molecule has 4 aliphatic carbocycles. The maximum Gasteiger partial charge on any atom is 0.140 e. The first-order valence-corrected chi connectivity index (χ1v) is 8.11. The first kappa shape index (κ1) is 14.1. The molecule has 2 atom stereocenters. The monoisotopic (exact) mass is 272 g/mol. The fraction of sp³-hybridized carbons (Fsp3) is 0.737. The zero-order valence-electron chi connectivity index (χ0n) is 13.9. The Bertz CT molecular complexity index is 531. The van der Waals surface area contributed by atoms with Gasteiger partial charge in [0.2, 0.25) is 0 Å². The number of fused-ring (bicyclic) bond motifs is 2. The Labute approximate surface area is 123 Å². The Morgan fingerprint density at radius 1 is 0.850 bits per heavy atom. The molecule has 2 bridgehead atoms. The van der Waals surface area contributed by atoms with E-state index in [0.29, 0.717) is 11.7 Å². The van der Waals surface area contributed by atoms with Gasteiger partial charge in [0.1, 0.15) is 5.78 Å². The molecule has 1 heteroatoms. The number of carbonyl (C=O) groups is 1. The highest BCUT2D eigenvalue weighted by Crippen LogP contribution is 2.58. The highest BCUT2D eigenvalue weighted by Gasteiger charge is 2.48. The van der Waals surface area contributed by atoms with E-state index < -0.39 is 0 Å². The van der Waals surface area contributed by atoms with E-state index in [-0.39, 0.29) is 16.7 Å². The van der Waals surface area contributed by atoms with Gasteiger partial charge in [-0.3, -0.25) is 4.79 Å². The third kappa shape index (κ3) is 1.93. The van der Waals surface area contributed by atoms with Crippen LogP contribution in [0.15, 0.2) is 22.3 Å². The van der Waals surface area contributed by atoms with Crippen LogP contribution in [-0.2, 0) is 4.79 Å². The molecular formula is C19H28O. The van der Waals surface area contributed by atoms with Crippen molar-refractivity contribution in [1.29, 1.82) is 0 Å². The van der Waals surface area contributed by atoms with Crippen molar-refractivity contribution in [2.45, 2.75) is 67.2 Å². The molecule has 0 aromatic carbocycles. The minimum Gasteiger partial charge on any atom is -0.299 e. The lowest BCUT2D eigenvalue weighted by Crippen LogP contribution is -2.36. The molecule has 0 saturated heterocycles. The Morgan fingerprint density at radius 2 is 1.40 bits per heavy atom. The standard InChI is InChI=1S/C19H28O/c1-18(2,3)13-10-14(19(4,5)6)17-12-8-7-11(16(13)17)9-15(12)20/h11-12H,7-10H2,1-6H3. The quantitative estimate of drug-likeness (QED) is 0.601. The van der Waals surface area contributed by atoms with Gasteiger partial charge in [0.15, 0.2) is 0 Å². The van der Waals surface area contributed by atoms with Crippen LogP contribution < -0.4 is 0 Å². The van der Waals surface area contributed by atoms with Crippen molar-refractivity contribution < 1.29 is 4.79 Å². The summed E-state index contributed by atoms with van der Waals surface area (Å²) in [5.74, 6) is 1.26. The lowest BCUT2D eigenvalue weighted by Gasteiger charge is -2.41. The van der Waals surface area contributed by atoms with E-state index in [4.69, 9.17) is 0 Å². The smallest absolute Gasteiger partial charge is 0.140 e. The summed E-state index contributed by atoms with van der Waals surface area (Å²) >= 11 is 0. The van der Waals surface area contributed by atoms with E-state index in [1.54, 1.807) is 16.7 Å². The van der Waals surface area contributed by atoms with E-state index in [1.165, 1.54) is 12.0 Å². The zero-order chi connectivity index (χ0) is 14.9. The summed E-state index contributed by atoms with van der Waals surface area (Å²) in [5, 5.41) is 0. The summed E-state index contributed by atoms with van der Waals surface area (Å²) < 4.78 is 0. The van der Waals surface area contributed by atoms with Gasteiger partial charge >= 0.3 is 0 Å². The van der Waals surface area contributed by atoms with E-state index in [1.807, 2.05) is 0 Å². The molecule has 0 spiro atoms. The maximum absolute atomic E-state index is 12.4. The van der Waals surface area contributed by atoms with Crippen LogP contribution in [0.1, 0.15) is 67.2 Å². The first-order chi connectivity index (χ1) is 9.10. The van der Waals surface area contributed by atoms with Crippen LogP contribution in [0.5, 0.6) is 0 Å². The number of allylic oxidation sites excluding steroid dienone is 4. The fourth-order valence-corrected chi connectivity index (χ4v) is 4.46. The second-order valence-corrected chi connectivity index (χ2v) is 8.96. The molecule has 0 heterocycles. The highest BCUT2D eigenvalue weighted by atomic mass is 16.1. The van der Waals surface area contributed by atoms with Gasteiger partial charge in [-0.2, -0.15) is 0 Å². The predicted molar refractivity (Wildman–Crippen MR) is 83.4 cm³/mol. The zero-order valence-corrected chi connectivity index (χ0v) is 13.9. The number of carbonyl (C=O) groups excluding carboxylic acids is 1. The van der Waals surface area contributed by atoms with Crippen molar-refractivity contribution in [3.8, 4) is 0 Å². The van der Waals surface area contributed by atoms with Crippen molar-refractivity contribution in [2.24, 2.45) is 22.7 Å². The summed E-state index contributed by atoms with van der Waals surface area (Å²) in [6.45, 7) is 13.9. The van der Waals surface area contributed by atoms with E-state index in [9.17, 15) is 4.79 Å². The van der Waals surface area contributed by atoms with Gasteiger partial charge in [-0.05, 0) is 47.2 Å². The second-order valence-electron chi connectivity index (χ2n) is 8.96. The van der Waals surface area contributed by atoms with Crippen LogP contribution in [0.25, 0.3) is 0 Å². The Hall–Kier alpha value is -0.850. The summed E-state index contributed by atoms with van der Waals surface area (Å²) in [6.07, 6.45) is 4.24. The number of hydrogen-bond donors (Lipinski definition) is 0. The van der Waals surface area contributed by atoms with Gasteiger partial charge in [-0.1, -0.05) is 52.7 Å². The Morgan fingerprint density at radius 3 is 1.90 bits per heavy atom. The molecule has 3 saturated carbocycles. The van der Waals surface area contributed by atoms with Crippen molar-refractivity contribution in [2.75, 3.05) is 0 Å². The minimum absolute atomic E-state index is 0.186. The SMILES string of the molecule is CC(C)(C)C1=C2C(=C(C(C)(C)C)C1)C1CCC2CC1=O. The third-order valence-corrected chi connectivity index (χ3v) is 5.50. The predicted octanol–water partition coefficient (Wildman–Crippen LogP) is 5.07. The molecule has 0 N–H and O–H groups in total. The summed E-state index contributed by atoms with van der Waals surface area (Å²) in [4.78, 5) is 12.4. The van der Waals surface area contributed by atoms with Gasteiger partial charge in [0.25, 0.3) is 0 Å².